The maximum absolute atomic E-state index is 12.3. The lowest BCUT2D eigenvalue weighted by Gasteiger charge is -2.36. The Morgan fingerprint density at radius 3 is 2.47 bits per heavy atom. The molecule has 0 bridgehead atoms. The number of ether oxygens (including phenoxy) is 1. The third-order valence-electron chi connectivity index (χ3n) is 6.30. The molecule has 1 aliphatic rings. The number of hydrogen-bond acceptors (Lipinski definition) is 6. The molecule has 0 saturated carbocycles. The van der Waals surface area contributed by atoms with Gasteiger partial charge in [-0.1, -0.05) is 30.3 Å². The van der Waals surface area contributed by atoms with Crippen molar-refractivity contribution in [2.45, 2.75) is 13.5 Å². The van der Waals surface area contributed by atoms with Crippen molar-refractivity contribution in [2.24, 2.45) is 0 Å². The number of aromatic nitrogens is 2. The van der Waals surface area contributed by atoms with Crippen molar-refractivity contribution in [3.63, 3.8) is 0 Å². The molecule has 0 aliphatic carbocycles. The van der Waals surface area contributed by atoms with E-state index in [2.05, 4.69) is 44.4 Å². The Balaban J connectivity index is 1.08. The monoisotopic (exact) mass is 483 g/mol. The van der Waals surface area contributed by atoms with Gasteiger partial charge in [0.25, 0.3) is 5.91 Å². The molecule has 1 saturated heterocycles. The lowest BCUT2D eigenvalue weighted by Crippen LogP contribution is -2.45. The first-order valence-electron chi connectivity index (χ1n) is 12.1. The summed E-state index contributed by atoms with van der Waals surface area (Å²) in [5, 5.41) is 2.78. The Morgan fingerprint density at radius 2 is 1.72 bits per heavy atom. The van der Waals surface area contributed by atoms with E-state index in [0.717, 1.165) is 44.0 Å². The van der Waals surface area contributed by atoms with Gasteiger partial charge < -0.3 is 19.4 Å². The number of anilines is 2. The van der Waals surface area contributed by atoms with E-state index in [4.69, 9.17) is 4.74 Å². The first kappa shape index (κ1) is 23.6. The lowest BCUT2D eigenvalue weighted by atomic mass is 10.2. The number of aryl methyl sites for hydroxylation is 1. The summed E-state index contributed by atoms with van der Waals surface area (Å²) in [4.78, 5) is 33.7. The van der Waals surface area contributed by atoms with Crippen LogP contribution < -0.4 is 10.2 Å². The van der Waals surface area contributed by atoms with Gasteiger partial charge in [0.15, 0.2) is 12.3 Å². The van der Waals surface area contributed by atoms with Crippen LogP contribution in [0.2, 0.25) is 0 Å². The van der Waals surface area contributed by atoms with Gasteiger partial charge in [0, 0.05) is 56.5 Å². The molecule has 2 aromatic heterocycles. The van der Waals surface area contributed by atoms with Crippen molar-refractivity contribution in [1.82, 2.24) is 14.3 Å². The highest BCUT2D eigenvalue weighted by molar-refractivity contribution is 5.95. The molecular formula is C28H29N5O3. The normalized spacial score (nSPS) is 14.1. The number of nitrogens with zero attached hydrogens (tertiary/aromatic N) is 4. The maximum Gasteiger partial charge on any atom is 0.359 e. The average molecular weight is 484 g/mol. The summed E-state index contributed by atoms with van der Waals surface area (Å²) < 4.78 is 6.90. The number of piperazine rings is 1. The summed E-state index contributed by atoms with van der Waals surface area (Å²) in [6, 6.07) is 22.1. The summed E-state index contributed by atoms with van der Waals surface area (Å²) in [5.74, 6) is -1.03. The molecule has 0 spiro atoms. The van der Waals surface area contributed by atoms with Gasteiger partial charge in [0.05, 0.1) is 0 Å². The summed E-state index contributed by atoms with van der Waals surface area (Å²) in [6.07, 6.45) is 3.42. The summed E-state index contributed by atoms with van der Waals surface area (Å²) in [5.41, 5.74) is 4.99. The van der Waals surface area contributed by atoms with Crippen LogP contribution in [0.4, 0.5) is 11.4 Å². The molecule has 36 heavy (non-hydrogen) atoms. The van der Waals surface area contributed by atoms with Crippen LogP contribution in [0.3, 0.4) is 0 Å². The fourth-order valence-electron chi connectivity index (χ4n) is 4.35. The van der Waals surface area contributed by atoms with Crippen molar-refractivity contribution in [3.8, 4) is 0 Å². The topological polar surface area (TPSA) is 79.2 Å². The molecule has 0 atom stereocenters. The van der Waals surface area contributed by atoms with Gasteiger partial charge in [-0.2, -0.15) is 0 Å². The second-order valence-electron chi connectivity index (χ2n) is 9.02. The van der Waals surface area contributed by atoms with Gasteiger partial charge >= 0.3 is 5.97 Å². The van der Waals surface area contributed by atoms with E-state index in [-0.39, 0.29) is 12.3 Å². The fraction of sp³-hybridized carbons (Fsp3) is 0.250. The van der Waals surface area contributed by atoms with Gasteiger partial charge in [0.2, 0.25) is 0 Å². The molecule has 1 fully saturated rings. The number of esters is 1. The minimum Gasteiger partial charge on any atom is -0.451 e. The Bertz CT molecular complexity index is 1340. The van der Waals surface area contributed by atoms with E-state index in [9.17, 15) is 9.59 Å². The number of carbonyl (C=O) groups excluding carboxylic acids is 2. The Kier molecular flexibility index (Phi) is 6.95. The summed E-state index contributed by atoms with van der Waals surface area (Å²) in [7, 11) is 0. The van der Waals surface area contributed by atoms with Crippen molar-refractivity contribution in [1.29, 1.82) is 0 Å². The summed E-state index contributed by atoms with van der Waals surface area (Å²) in [6.45, 7) is 6.47. The number of benzene rings is 2. The molecule has 8 heteroatoms. The van der Waals surface area contributed by atoms with Gasteiger partial charge in [-0.25, -0.2) is 9.78 Å². The quantitative estimate of drug-likeness (QED) is 0.403. The van der Waals surface area contributed by atoms with Crippen LogP contribution in [0.25, 0.3) is 5.65 Å². The van der Waals surface area contributed by atoms with Crippen molar-refractivity contribution >= 4 is 28.9 Å². The molecule has 184 valence electrons. The van der Waals surface area contributed by atoms with Crippen molar-refractivity contribution in [3.05, 3.63) is 95.9 Å². The van der Waals surface area contributed by atoms with E-state index in [1.807, 2.05) is 55.6 Å². The zero-order valence-corrected chi connectivity index (χ0v) is 20.3. The van der Waals surface area contributed by atoms with Crippen LogP contribution in [0, 0.1) is 6.92 Å². The first-order valence-corrected chi connectivity index (χ1v) is 12.1. The van der Waals surface area contributed by atoms with E-state index in [0.29, 0.717) is 11.3 Å². The largest absolute Gasteiger partial charge is 0.451 e. The summed E-state index contributed by atoms with van der Waals surface area (Å²) >= 11 is 0. The molecule has 0 radical (unpaired) electrons. The standard InChI is InChI=1S/C28H29N5O3/c1-21-11-12-33-19-25(30-26(33)17-21)28(35)36-20-27(34)29-23-7-9-24(10-8-23)32-15-13-31(14-16-32)18-22-5-3-2-4-6-22/h2-12,17,19H,13-16,18,20H2,1H3,(H,29,34). The molecule has 8 nitrogen and oxygen atoms in total. The lowest BCUT2D eigenvalue weighted by molar-refractivity contribution is -0.119. The average Bonchev–Trinajstić information content (AvgIpc) is 3.32. The van der Waals surface area contributed by atoms with Crippen molar-refractivity contribution < 1.29 is 14.3 Å². The zero-order chi connectivity index (χ0) is 24.9. The smallest absolute Gasteiger partial charge is 0.359 e. The van der Waals surface area contributed by atoms with E-state index >= 15 is 0 Å². The molecule has 1 aliphatic heterocycles. The molecule has 1 amide bonds. The number of nitrogens with one attached hydrogen (secondary N) is 1. The number of amides is 1. The second-order valence-corrected chi connectivity index (χ2v) is 9.02. The highest BCUT2D eigenvalue weighted by atomic mass is 16.5. The predicted molar refractivity (Wildman–Crippen MR) is 139 cm³/mol. The van der Waals surface area contributed by atoms with Gasteiger partial charge in [-0.3, -0.25) is 9.69 Å². The molecule has 5 rings (SSSR count). The van der Waals surface area contributed by atoms with Crippen LogP contribution in [0.1, 0.15) is 21.6 Å². The van der Waals surface area contributed by atoms with Gasteiger partial charge in [0.1, 0.15) is 5.65 Å². The second kappa shape index (κ2) is 10.6. The number of fused-ring (bicyclic) bond motifs is 1. The fourth-order valence-corrected chi connectivity index (χ4v) is 4.35. The third-order valence-corrected chi connectivity index (χ3v) is 6.30. The molecule has 2 aromatic carbocycles. The van der Waals surface area contributed by atoms with Crippen LogP contribution >= 0.6 is 0 Å². The SMILES string of the molecule is Cc1ccn2cc(C(=O)OCC(=O)Nc3ccc(N4CCN(Cc5ccccc5)CC4)cc3)nc2c1. The molecular weight excluding hydrogens is 454 g/mol. The van der Waals surface area contributed by atoms with E-state index in [1.54, 1.807) is 10.6 Å². The van der Waals surface area contributed by atoms with Crippen LogP contribution in [0.5, 0.6) is 0 Å². The number of pyridine rings is 1. The van der Waals surface area contributed by atoms with Crippen LogP contribution in [0.15, 0.2) is 79.1 Å². The predicted octanol–water partition coefficient (Wildman–Crippen LogP) is 3.76. The first-order chi connectivity index (χ1) is 17.5. The highest BCUT2D eigenvalue weighted by Gasteiger charge is 2.18. The number of imidazole rings is 1. The maximum atomic E-state index is 12.3. The number of hydrogen-bond donors (Lipinski definition) is 1. The molecule has 0 unspecified atom stereocenters. The Hall–Kier alpha value is -4.17. The minimum atomic E-state index is -0.631. The van der Waals surface area contributed by atoms with Gasteiger partial charge in [-0.05, 0) is 54.4 Å². The molecule has 1 N–H and O–H groups in total. The number of rotatable bonds is 7. The highest BCUT2D eigenvalue weighted by Crippen LogP contribution is 2.20. The third kappa shape index (κ3) is 5.72. The minimum absolute atomic E-state index is 0.168. The van der Waals surface area contributed by atoms with Crippen LogP contribution in [-0.2, 0) is 16.1 Å². The van der Waals surface area contributed by atoms with E-state index < -0.39 is 11.9 Å². The van der Waals surface area contributed by atoms with Gasteiger partial charge in [-0.15, -0.1) is 0 Å². The Morgan fingerprint density at radius 1 is 0.972 bits per heavy atom. The van der Waals surface area contributed by atoms with Crippen molar-refractivity contribution in [2.75, 3.05) is 43.0 Å². The van der Waals surface area contributed by atoms with E-state index in [1.165, 1.54) is 5.56 Å². The molecule has 4 aromatic rings. The number of carbonyl (C=O) groups is 2. The molecule has 3 heterocycles. The zero-order valence-electron chi connectivity index (χ0n) is 20.3. The van der Waals surface area contributed by atoms with Crippen LogP contribution in [-0.4, -0.2) is 58.9 Å². The Labute approximate surface area is 210 Å².